The van der Waals surface area contributed by atoms with Crippen LogP contribution in [0.3, 0.4) is 0 Å². The van der Waals surface area contributed by atoms with Gasteiger partial charge >= 0.3 is 0 Å². The van der Waals surface area contributed by atoms with Gasteiger partial charge in [-0.05, 0) is 29.8 Å². The van der Waals surface area contributed by atoms with E-state index in [0.29, 0.717) is 11.3 Å². The van der Waals surface area contributed by atoms with Gasteiger partial charge in [-0.15, -0.1) is 10.2 Å². The molecular weight excluding hydrogens is 185 g/mol. The molecule has 14 heavy (non-hydrogen) atoms. The number of benzene rings is 1. The van der Waals surface area contributed by atoms with Crippen molar-refractivity contribution in [3.63, 3.8) is 0 Å². The molecule has 3 N–H and O–H groups in total. The Morgan fingerprint density at radius 2 is 2.21 bits per heavy atom. The van der Waals surface area contributed by atoms with Crippen LogP contribution in [0.1, 0.15) is 5.56 Å². The maximum Gasteiger partial charge on any atom is 0.207 e. The number of rotatable bonds is 1. The van der Waals surface area contributed by atoms with Crippen LogP contribution in [-0.4, -0.2) is 20.6 Å². The lowest BCUT2D eigenvalue weighted by Gasteiger charge is -2.02. The number of H-pyrrole nitrogens is 1. The highest BCUT2D eigenvalue weighted by molar-refractivity contribution is 5.63. The summed E-state index contributed by atoms with van der Waals surface area (Å²) in [5.41, 5.74) is 7.09. The Labute approximate surface area is 79.1 Å². The summed E-state index contributed by atoms with van der Waals surface area (Å²) in [6, 6.07) is 2.84. The fraction of sp³-hybridized carbons (Fsp3) is 0.125. The van der Waals surface area contributed by atoms with Crippen LogP contribution in [-0.2, 0) is 0 Å². The second kappa shape index (κ2) is 3.06. The lowest BCUT2D eigenvalue weighted by molar-refractivity contribution is 0.629. The molecule has 0 saturated carbocycles. The highest BCUT2D eigenvalue weighted by Crippen LogP contribution is 2.23. The van der Waals surface area contributed by atoms with Gasteiger partial charge in [0.15, 0.2) is 0 Å². The molecule has 0 aliphatic heterocycles. The second-order valence-corrected chi connectivity index (χ2v) is 2.92. The molecule has 0 aliphatic rings. The van der Waals surface area contributed by atoms with E-state index in [4.69, 9.17) is 5.73 Å². The van der Waals surface area contributed by atoms with E-state index in [2.05, 4.69) is 20.6 Å². The van der Waals surface area contributed by atoms with E-state index in [1.807, 2.05) is 0 Å². The van der Waals surface area contributed by atoms with Gasteiger partial charge in [-0.1, -0.05) is 0 Å². The molecule has 0 unspecified atom stereocenters. The number of hydrogen-bond acceptors (Lipinski definition) is 4. The number of aromatic nitrogens is 4. The molecule has 1 aromatic carbocycles. The van der Waals surface area contributed by atoms with Gasteiger partial charge in [0.1, 0.15) is 5.82 Å². The number of tetrazole rings is 1. The number of aromatic amines is 1. The molecule has 2 rings (SSSR count). The third-order valence-corrected chi connectivity index (χ3v) is 1.94. The zero-order valence-corrected chi connectivity index (χ0v) is 7.45. The molecule has 0 atom stereocenters. The number of halogens is 1. The molecule has 0 amide bonds. The maximum absolute atomic E-state index is 13.4. The van der Waals surface area contributed by atoms with Crippen LogP contribution in [0.5, 0.6) is 0 Å². The number of aryl methyl sites for hydroxylation is 1. The third-order valence-electron chi connectivity index (χ3n) is 1.94. The van der Waals surface area contributed by atoms with Crippen molar-refractivity contribution < 1.29 is 4.39 Å². The first-order chi connectivity index (χ1) is 6.68. The van der Waals surface area contributed by atoms with Gasteiger partial charge in [-0.3, -0.25) is 0 Å². The van der Waals surface area contributed by atoms with Crippen LogP contribution < -0.4 is 5.73 Å². The van der Waals surface area contributed by atoms with Crippen molar-refractivity contribution in [2.45, 2.75) is 6.92 Å². The van der Waals surface area contributed by atoms with Gasteiger partial charge in [-0.25, -0.2) is 4.39 Å². The van der Waals surface area contributed by atoms with Gasteiger partial charge in [0.2, 0.25) is 5.82 Å². The second-order valence-electron chi connectivity index (χ2n) is 2.92. The van der Waals surface area contributed by atoms with Gasteiger partial charge in [0.05, 0.1) is 5.56 Å². The maximum atomic E-state index is 13.4. The number of anilines is 1. The molecule has 0 saturated heterocycles. The Bertz CT molecular complexity index is 451. The lowest BCUT2D eigenvalue weighted by Crippen LogP contribution is -1.94. The lowest BCUT2D eigenvalue weighted by atomic mass is 10.1. The van der Waals surface area contributed by atoms with Crippen molar-refractivity contribution in [3.05, 3.63) is 23.5 Å². The van der Waals surface area contributed by atoms with Gasteiger partial charge in [-0.2, -0.15) is 5.21 Å². The van der Waals surface area contributed by atoms with Crippen LogP contribution in [0.15, 0.2) is 12.1 Å². The smallest absolute Gasteiger partial charge is 0.207 e. The first kappa shape index (κ1) is 8.61. The van der Waals surface area contributed by atoms with Crippen LogP contribution in [0.4, 0.5) is 10.1 Å². The SMILES string of the molecule is Cc1cc(F)c(-c2nn[nH]n2)cc1N. The van der Waals surface area contributed by atoms with Gasteiger partial charge in [0, 0.05) is 5.69 Å². The molecule has 6 heteroatoms. The summed E-state index contributed by atoms with van der Waals surface area (Å²) in [5.74, 6) is -0.202. The zero-order valence-electron chi connectivity index (χ0n) is 7.45. The van der Waals surface area contributed by atoms with Crippen molar-refractivity contribution in [1.29, 1.82) is 0 Å². The predicted octanol–water partition coefficient (Wildman–Crippen LogP) is 0.896. The van der Waals surface area contributed by atoms with Crippen molar-refractivity contribution in [3.8, 4) is 11.4 Å². The number of nitrogens with one attached hydrogen (secondary N) is 1. The summed E-state index contributed by atoms with van der Waals surface area (Å²) in [6.07, 6.45) is 0. The minimum atomic E-state index is -0.405. The summed E-state index contributed by atoms with van der Waals surface area (Å²) >= 11 is 0. The molecular formula is C8H8FN5. The summed E-state index contributed by atoms with van der Waals surface area (Å²) < 4.78 is 13.4. The molecule has 0 bridgehead atoms. The fourth-order valence-electron chi connectivity index (χ4n) is 1.14. The fourth-order valence-corrected chi connectivity index (χ4v) is 1.14. The monoisotopic (exact) mass is 193 g/mol. The summed E-state index contributed by atoms with van der Waals surface area (Å²) in [5, 5.41) is 13.0. The van der Waals surface area contributed by atoms with Crippen LogP contribution >= 0.6 is 0 Å². The molecule has 0 aliphatic carbocycles. The minimum Gasteiger partial charge on any atom is -0.398 e. The summed E-state index contributed by atoms with van der Waals surface area (Å²) in [6.45, 7) is 1.73. The van der Waals surface area contributed by atoms with E-state index in [9.17, 15) is 4.39 Å². The Morgan fingerprint density at radius 1 is 1.43 bits per heavy atom. The Kier molecular flexibility index (Phi) is 1.88. The third kappa shape index (κ3) is 1.30. The molecule has 0 fully saturated rings. The molecule has 2 aromatic rings. The van der Waals surface area contributed by atoms with E-state index in [1.54, 1.807) is 6.92 Å². The first-order valence-corrected chi connectivity index (χ1v) is 3.98. The van der Waals surface area contributed by atoms with Gasteiger partial charge < -0.3 is 5.73 Å². The van der Waals surface area contributed by atoms with Crippen LogP contribution in [0, 0.1) is 12.7 Å². The van der Waals surface area contributed by atoms with Crippen LogP contribution in [0.25, 0.3) is 11.4 Å². The van der Waals surface area contributed by atoms with Crippen molar-refractivity contribution in [2.75, 3.05) is 5.73 Å². The average Bonchev–Trinajstić information content (AvgIpc) is 2.64. The normalized spacial score (nSPS) is 10.4. The van der Waals surface area contributed by atoms with Gasteiger partial charge in [0.25, 0.3) is 0 Å². The van der Waals surface area contributed by atoms with E-state index in [0.717, 1.165) is 0 Å². The topological polar surface area (TPSA) is 80.5 Å². The van der Waals surface area contributed by atoms with Crippen molar-refractivity contribution >= 4 is 5.69 Å². The molecule has 1 heterocycles. The first-order valence-electron chi connectivity index (χ1n) is 3.98. The Hall–Kier alpha value is -1.98. The highest BCUT2D eigenvalue weighted by Gasteiger charge is 2.11. The van der Waals surface area contributed by atoms with E-state index in [1.165, 1.54) is 12.1 Å². The summed E-state index contributed by atoms with van der Waals surface area (Å²) in [7, 11) is 0. The molecule has 0 radical (unpaired) electrons. The van der Waals surface area contributed by atoms with E-state index >= 15 is 0 Å². The Balaban J connectivity index is 2.60. The quantitative estimate of drug-likeness (QED) is 0.659. The predicted molar refractivity (Wildman–Crippen MR) is 48.7 cm³/mol. The largest absolute Gasteiger partial charge is 0.398 e. The van der Waals surface area contributed by atoms with Crippen LogP contribution in [0.2, 0.25) is 0 Å². The Morgan fingerprint density at radius 3 is 2.86 bits per heavy atom. The number of nitrogens with two attached hydrogens (primary N) is 1. The molecule has 72 valence electrons. The minimum absolute atomic E-state index is 0.203. The van der Waals surface area contributed by atoms with Crippen molar-refractivity contribution in [1.82, 2.24) is 20.6 Å². The number of nitrogen functional groups attached to an aromatic ring is 1. The highest BCUT2D eigenvalue weighted by atomic mass is 19.1. The standard InChI is InChI=1S/C8H8FN5/c1-4-2-6(9)5(3-7(4)10)8-11-13-14-12-8/h2-3H,10H2,1H3,(H,11,12,13,14). The average molecular weight is 193 g/mol. The zero-order chi connectivity index (χ0) is 10.1. The summed E-state index contributed by atoms with van der Waals surface area (Å²) in [4.78, 5) is 0. The number of nitrogens with zero attached hydrogens (tertiary/aromatic N) is 3. The molecule has 0 spiro atoms. The molecule has 5 nitrogen and oxygen atoms in total. The van der Waals surface area contributed by atoms with Crippen molar-refractivity contribution in [2.24, 2.45) is 0 Å². The molecule has 1 aromatic heterocycles. The number of hydrogen-bond donors (Lipinski definition) is 2. The van der Waals surface area contributed by atoms with E-state index < -0.39 is 5.82 Å². The van der Waals surface area contributed by atoms with E-state index in [-0.39, 0.29) is 11.4 Å².